The summed E-state index contributed by atoms with van der Waals surface area (Å²) in [7, 11) is 4.20. The Labute approximate surface area is 131 Å². The van der Waals surface area contributed by atoms with E-state index in [0.29, 0.717) is 0 Å². The Morgan fingerprint density at radius 3 is 2.77 bits per heavy atom. The lowest BCUT2D eigenvalue weighted by atomic mass is 10.1. The van der Waals surface area contributed by atoms with Crippen molar-refractivity contribution in [2.75, 3.05) is 26.4 Å². The van der Waals surface area contributed by atoms with Crippen molar-refractivity contribution in [1.82, 2.24) is 14.5 Å². The van der Waals surface area contributed by atoms with Crippen LogP contribution < -0.4 is 5.73 Å². The molecule has 0 fully saturated rings. The second-order valence-electron chi connectivity index (χ2n) is 5.93. The smallest absolute Gasteiger partial charge is 0.0648 e. The van der Waals surface area contributed by atoms with Gasteiger partial charge in [-0.05, 0) is 56.4 Å². The van der Waals surface area contributed by atoms with Crippen molar-refractivity contribution >= 4 is 16.6 Å². The van der Waals surface area contributed by atoms with E-state index in [1.807, 2.05) is 24.4 Å². The first-order valence-electron chi connectivity index (χ1n) is 7.55. The van der Waals surface area contributed by atoms with E-state index in [4.69, 9.17) is 5.73 Å². The van der Waals surface area contributed by atoms with E-state index in [1.54, 1.807) is 0 Å². The van der Waals surface area contributed by atoms with E-state index in [-0.39, 0.29) is 0 Å². The molecule has 0 amide bonds. The number of nitrogen functional groups attached to an aromatic ring is 1. The van der Waals surface area contributed by atoms with Gasteiger partial charge in [0.1, 0.15) is 0 Å². The highest BCUT2D eigenvalue weighted by atomic mass is 15.0. The van der Waals surface area contributed by atoms with E-state index in [2.05, 4.69) is 52.9 Å². The zero-order valence-electron chi connectivity index (χ0n) is 13.2. The summed E-state index contributed by atoms with van der Waals surface area (Å²) in [5.41, 5.74) is 10.4. The van der Waals surface area contributed by atoms with E-state index in [0.717, 1.165) is 30.9 Å². The van der Waals surface area contributed by atoms with Crippen LogP contribution >= 0.6 is 0 Å². The molecule has 0 atom stereocenters. The number of hydrogen-bond acceptors (Lipinski definition) is 3. The first kappa shape index (κ1) is 14.6. The predicted molar refractivity (Wildman–Crippen MR) is 91.9 cm³/mol. The summed E-state index contributed by atoms with van der Waals surface area (Å²) in [4.78, 5) is 6.63. The maximum absolute atomic E-state index is 5.98. The Kier molecular flexibility index (Phi) is 4.11. The van der Waals surface area contributed by atoms with Gasteiger partial charge in [0, 0.05) is 35.5 Å². The molecule has 1 aromatic carbocycles. The third kappa shape index (κ3) is 3.12. The van der Waals surface area contributed by atoms with Crippen LogP contribution in [-0.4, -0.2) is 35.1 Å². The second kappa shape index (κ2) is 6.20. The molecular formula is C18H22N4. The zero-order chi connectivity index (χ0) is 15.5. The molecule has 3 rings (SSSR count). The first-order valence-corrected chi connectivity index (χ1v) is 7.55. The molecule has 2 heterocycles. The van der Waals surface area contributed by atoms with Crippen molar-refractivity contribution in [3.8, 4) is 0 Å². The van der Waals surface area contributed by atoms with Crippen LogP contribution in [0.3, 0.4) is 0 Å². The molecule has 0 bridgehead atoms. The van der Waals surface area contributed by atoms with Gasteiger partial charge in [-0.15, -0.1) is 0 Å². The molecule has 0 saturated heterocycles. The third-order valence-corrected chi connectivity index (χ3v) is 3.87. The molecule has 0 unspecified atom stereocenters. The van der Waals surface area contributed by atoms with Gasteiger partial charge in [0.25, 0.3) is 0 Å². The standard InChI is InChI=1S/C18H22N4/c1-21(2)10-8-14-12-22(13-16-5-3-4-9-20-16)18-7-6-15(19)11-17(14)18/h3-7,9,11-12H,8,10,13,19H2,1-2H3. The average Bonchev–Trinajstić information content (AvgIpc) is 2.83. The second-order valence-corrected chi connectivity index (χ2v) is 5.93. The minimum Gasteiger partial charge on any atom is -0.399 e. The van der Waals surface area contributed by atoms with E-state index >= 15 is 0 Å². The Hall–Kier alpha value is -2.33. The van der Waals surface area contributed by atoms with Crippen LogP contribution in [0.15, 0.2) is 48.8 Å². The summed E-state index contributed by atoms with van der Waals surface area (Å²) in [6.07, 6.45) is 5.09. The Morgan fingerprint density at radius 1 is 1.18 bits per heavy atom. The van der Waals surface area contributed by atoms with Gasteiger partial charge in [0.05, 0.1) is 12.2 Å². The molecule has 0 aliphatic rings. The van der Waals surface area contributed by atoms with Gasteiger partial charge < -0.3 is 15.2 Å². The van der Waals surface area contributed by atoms with Crippen molar-refractivity contribution in [3.05, 3.63) is 60.0 Å². The number of anilines is 1. The summed E-state index contributed by atoms with van der Waals surface area (Å²) in [6.45, 7) is 1.81. The zero-order valence-corrected chi connectivity index (χ0v) is 13.2. The number of nitrogens with zero attached hydrogens (tertiary/aromatic N) is 3. The van der Waals surface area contributed by atoms with Crippen LogP contribution in [0.25, 0.3) is 10.9 Å². The van der Waals surface area contributed by atoms with Crippen LogP contribution in [0.5, 0.6) is 0 Å². The summed E-state index contributed by atoms with van der Waals surface area (Å²) >= 11 is 0. The lowest BCUT2D eigenvalue weighted by Gasteiger charge is -2.08. The van der Waals surface area contributed by atoms with Gasteiger partial charge in [-0.1, -0.05) is 6.07 Å². The van der Waals surface area contributed by atoms with Crippen LogP contribution in [0.2, 0.25) is 0 Å². The van der Waals surface area contributed by atoms with E-state index in [9.17, 15) is 0 Å². The fourth-order valence-electron chi connectivity index (χ4n) is 2.73. The Morgan fingerprint density at radius 2 is 2.05 bits per heavy atom. The monoisotopic (exact) mass is 294 g/mol. The molecule has 114 valence electrons. The molecule has 0 spiro atoms. The lowest BCUT2D eigenvalue weighted by molar-refractivity contribution is 0.414. The summed E-state index contributed by atoms with van der Waals surface area (Å²) in [5, 5.41) is 1.25. The van der Waals surface area contributed by atoms with Crippen molar-refractivity contribution in [2.45, 2.75) is 13.0 Å². The van der Waals surface area contributed by atoms with Crippen molar-refractivity contribution in [3.63, 3.8) is 0 Å². The molecule has 4 heteroatoms. The third-order valence-electron chi connectivity index (χ3n) is 3.87. The van der Waals surface area contributed by atoms with Gasteiger partial charge in [-0.25, -0.2) is 0 Å². The minimum absolute atomic E-state index is 0.781. The van der Waals surface area contributed by atoms with Crippen LogP contribution in [0.1, 0.15) is 11.3 Å². The maximum atomic E-state index is 5.98. The number of fused-ring (bicyclic) bond motifs is 1. The maximum Gasteiger partial charge on any atom is 0.0648 e. The SMILES string of the molecule is CN(C)CCc1cn(Cc2ccccn2)c2ccc(N)cc12. The number of pyridine rings is 1. The van der Waals surface area contributed by atoms with E-state index < -0.39 is 0 Å². The van der Waals surface area contributed by atoms with Crippen LogP contribution in [0.4, 0.5) is 5.69 Å². The molecule has 2 N–H and O–H groups in total. The number of hydrogen-bond donors (Lipinski definition) is 1. The largest absolute Gasteiger partial charge is 0.399 e. The minimum atomic E-state index is 0.781. The lowest BCUT2D eigenvalue weighted by Crippen LogP contribution is -2.14. The van der Waals surface area contributed by atoms with Gasteiger partial charge >= 0.3 is 0 Å². The molecular weight excluding hydrogens is 272 g/mol. The fraction of sp³-hybridized carbons (Fsp3) is 0.278. The molecule has 3 aromatic rings. The number of aromatic nitrogens is 2. The van der Waals surface area contributed by atoms with Crippen molar-refractivity contribution in [1.29, 1.82) is 0 Å². The molecule has 0 radical (unpaired) electrons. The average molecular weight is 294 g/mol. The number of rotatable bonds is 5. The van der Waals surface area contributed by atoms with Crippen molar-refractivity contribution < 1.29 is 0 Å². The van der Waals surface area contributed by atoms with Crippen LogP contribution in [0, 0.1) is 0 Å². The number of benzene rings is 1. The van der Waals surface area contributed by atoms with Crippen LogP contribution in [-0.2, 0) is 13.0 Å². The van der Waals surface area contributed by atoms with Gasteiger partial charge in [-0.3, -0.25) is 4.98 Å². The molecule has 2 aromatic heterocycles. The van der Waals surface area contributed by atoms with Crippen molar-refractivity contribution in [2.24, 2.45) is 0 Å². The number of likely N-dealkylation sites (N-methyl/N-ethyl adjacent to an activating group) is 1. The highest BCUT2D eigenvalue weighted by Gasteiger charge is 2.10. The normalized spacial score (nSPS) is 11.4. The Balaban J connectivity index is 1.99. The summed E-state index contributed by atoms with van der Waals surface area (Å²) < 4.78 is 2.27. The summed E-state index contributed by atoms with van der Waals surface area (Å²) in [5.74, 6) is 0. The first-order chi connectivity index (χ1) is 10.6. The quantitative estimate of drug-likeness (QED) is 0.736. The topological polar surface area (TPSA) is 47.1 Å². The molecule has 22 heavy (non-hydrogen) atoms. The highest BCUT2D eigenvalue weighted by molar-refractivity contribution is 5.87. The molecule has 0 saturated carbocycles. The molecule has 4 nitrogen and oxygen atoms in total. The Bertz CT molecular complexity index is 759. The predicted octanol–water partition coefficient (Wildman–Crippen LogP) is 2.77. The highest BCUT2D eigenvalue weighted by Crippen LogP contribution is 2.25. The summed E-state index contributed by atoms with van der Waals surface area (Å²) in [6, 6.07) is 12.2. The van der Waals surface area contributed by atoms with E-state index in [1.165, 1.54) is 16.5 Å². The molecule has 0 aliphatic heterocycles. The number of nitrogens with two attached hydrogens (primary N) is 1. The van der Waals surface area contributed by atoms with Gasteiger partial charge in [0.2, 0.25) is 0 Å². The molecule has 0 aliphatic carbocycles. The fourth-order valence-corrected chi connectivity index (χ4v) is 2.73. The van der Waals surface area contributed by atoms with Gasteiger partial charge in [-0.2, -0.15) is 0 Å². The van der Waals surface area contributed by atoms with Gasteiger partial charge in [0.15, 0.2) is 0 Å².